The summed E-state index contributed by atoms with van der Waals surface area (Å²) >= 11 is 5.85. The predicted octanol–water partition coefficient (Wildman–Crippen LogP) is 4.21. The summed E-state index contributed by atoms with van der Waals surface area (Å²) in [5.74, 6) is -3.19. The first-order chi connectivity index (χ1) is 18.7. The molecule has 0 amide bonds. The lowest BCUT2D eigenvalue weighted by Crippen LogP contribution is -2.35. The van der Waals surface area contributed by atoms with Gasteiger partial charge in [-0.25, -0.2) is 14.4 Å². The highest BCUT2D eigenvalue weighted by Crippen LogP contribution is 2.42. The van der Waals surface area contributed by atoms with Crippen molar-refractivity contribution in [3.63, 3.8) is 0 Å². The predicted molar refractivity (Wildman–Crippen MR) is 140 cm³/mol. The molecule has 39 heavy (non-hydrogen) atoms. The Balaban J connectivity index is 2.00. The summed E-state index contributed by atoms with van der Waals surface area (Å²) in [5.41, 5.74) is 0.00883. The van der Waals surface area contributed by atoms with Gasteiger partial charge in [0.15, 0.2) is 6.61 Å². The highest BCUT2D eigenvalue weighted by atomic mass is 35.5. The number of hydrogen-bond acceptors (Lipinski definition) is 10. The largest absolute Gasteiger partial charge is 0.482 e. The molecule has 0 aromatic heterocycles. The van der Waals surface area contributed by atoms with Crippen LogP contribution in [0.15, 0.2) is 71.1 Å². The first-order valence-electron chi connectivity index (χ1n) is 12.0. The normalized spacial score (nSPS) is 14.8. The highest BCUT2D eigenvalue weighted by molar-refractivity contribution is 6.30. The molecular formula is C27H27ClN2O9. The smallest absolute Gasteiger partial charge is 0.344 e. The van der Waals surface area contributed by atoms with E-state index in [1.54, 1.807) is 51.1 Å². The summed E-state index contributed by atoms with van der Waals surface area (Å²) in [7, 11) is 0. The van der Waals surface area contributed by atoms with Crippen LogP contribution in [0.5, 0.6) is 5.75 Å². The van der Waals surface area contributed by atoms with Gasteiger partial charge >= 0.3 is 17.9 Å². The van der Waals surface area contributed by atoms with E-state index in [4.69, 9.17) is 30.5 Å². The van der Waals surface area contributed by atoms with Crippen molar-refractivity contribution in [2.45, 2.75) is 26.7 Å². The summed E-state index contributed by atoms with van der Waals surface area (Å²) in [6, 6.07) is 12.1. The molecule has 0 saturated heterocycles. The number of rotatable bonds is 11. The Kier molecular flexibility index (Phi) is 10.0. The Bertz CT molecular complexity index is 1320. The van der Waals surface area contributed by atoms with Crippen LogP contribution < -0.4 is 10.1 Å². The quantitative estimate of drug-likeness (QED) is 0.184. The number of nitro benzene ring substituents is 1. The number of halogens is 1. The van der Waals surface area contributed by atoms with Crippen molar-refractivity contribution in [1.29, 1.82) is 0 Å². The van der Waals surface area contributed by atoms with Crippen LogP contribution in [0.3, 0.4) is 0 Å². The Hall–Kier alpha value is -4.38. The third-order valence-electron chi connectivity index (χ3n) is 5.63. The van der Waals surface area contributed by atoms with Gasteiger partial charge in [-0.2, -0.15) is 0 Å². The molecule has 1 aliphatic heterocycles. The number of benzene rings is 2. The first kappa shape index (κ1) is 29.2. The van der Waals surface area contributed by atoms with Gasteiger partial charge in [0.1, 0.15) is 12.4 Å². The molecule has 1 heterocycles. The van der Waals surface area contributed by atoms with Crippen LogP contribution in [0.2, 0.25) is 5.02 Å². The summed E-state index contributed by atoms with van der Waals surface area (Å²) < 4.78 is 21.2. The number of nitro groups is 1. The monoisotopic (exact) mass is 558 g/mol. The summed E-state index contributed by atoms with van der Waals surface area (Å²) in [4.78, 5) is 50.0. The number of allylic oxidation sites excluding steroid dienone is 1. The maximum Gasteiger partial charge on any atom is 0.344 e. The molecule has 3 rings (SSSR count). The average Bonchev–Trinajstić information content (AvgIpc) is 2.91. The van der Waals surface area contributed by atoms with Crippen molar-refractivity contribution < 1.29 is 38.3 Å². The number of nitrogens with one attached hydrogen (secondary N) is 1. The lowest BCUT2D eigenvalue weighted by molar-refractivity contribution is -0.385. The number of nitrogens with zero attached hydrogens (tertiary/aromatic N) is 1. The fourth-order valence-corrected chi connectivity index (χ4v) is 4.14. The molecule has 206 valence electrons. The molecule has 0 radical (unpaired) electrons. The van der Waals surface area contributed by atoms with Gasteiger partial charge in [0.05, 0.1) is 40.9 Å². The molecule has 0 saturated carbocycles. The van der Waals surface area contributed by atoms with Gasteiger partial charge in [-0.15, -0.1) is 0 Å². The molecule has 2 aromatic rings. The van der Waals surface area contributed by atoms with E-state index >= 15 is 0 Å². The van der Waals surface area contributed by atoms with Crippen LogP contribution in [0.25, 0.3) is 0 Å². The van der Waals surface area contributed by atoms with Gasteiger partial charge < -0.3 is 24.3 Å². The zero-order valence-electron chi connectivity index (χ0n) is 21.5. The highest BCUT2D eigenvalue weighted by Gasteiger charge is 2.41. The maximum atomic E-state index is 13.2. The number of carbonyl (C=O) groups is 3. The number of ether oxygens (including phenoxy) is 4. The second-order valence-electron chi connectivity index (χ2n) is 8.15. The summed E-state index contributed by atoms with van der Waals surface area (Å²) in [6.45, 7) is 3.93. The van der Waals surface area contributed by atoms with E-state index in [-0.39, 0.29) is 47.0 Å². The number of para-hydroxylation sites is 1. The van der Waals surface area contributed by atoms with Crippen LogP contribution in [0, 0.1) is 10.1 Å². The van der Waals surface area contributed by atoms with Gasteiger partial charge in [-0.1, -0.05) is 29.8 Å². The van der Waals surface area contributed by atoms with Crippen LogP contribution in [0.4, 0.5) is 5.69 Å². The van der Waals surface area contributed by atoms with Crippen molar-refractivity contribution in [3.8, 4) is 5.75 Å². The minimum absolute atomic E-state index is 0.00430. The number of dihydropyridines is 1. The van der Waals surface area contributed by atoms with E-state index in [1.807, 2.05) is 0 Å². The minimum atomic E-state index is -1.23. The van der Waals surface area contributed by atoms with Gasteiger partial charge in [0.25, 0.3) is 5.69 Å². The van der Waals surface area contributed by atoms with Crippen LogP contribution in [-0.2, 0) is 28.6 Å². The molecule has 0 spiro atoms. The van der Waals surface area contributed by atoms with Crippen LogP contribution >= 0.6 is 11.6 Å². The van der Waals surface area contributed by atoms with E-state index < -0.39 is 42.0 Å². The fourth-order valence-electron chi connectivity index (χ4n) is 4.02. The lowest BCUT2D eigenvalue weighted by Gasteiger charge is -2.31. The molecular weight excluding hydrogens is 532 g/mol. The Morgan fingerprint density at radius 3 is 2.18 bits per heavy atom. The standard InChI is InChI=1S/C27H27ClN2O9/c1-4-36-26(32)23-16(3)29-20(14-39-22(31)15-38-18-12-10-17(28)11-13-18)25(27(33)37-5-2)24(23)19-8-6-7-9-21(19)30(34)35/h6-13,24,29H,4-5,14-15H2,1-3H3. The van der Waals surface area contributed by atoms with E-state index in [0.29, 0.717) is 10.8 Å². The van der Waals surface area contributed by atoms with Crippen molar-refractivity contribution >= 4 is 35.2 Å². The molecule has 1 aliphatic rings. The Labute approximate surface area is 229 Å². The van der Waals surface area contributed by atoms with Crippen LogP contribution in [0.1, 0.15) is 32.3 Å². The van der Waals surface area contributed by atoms with Gasteiger partial charge in [0.2, 0.25) is 0 Å². The van der Waals surface area contributed by atoms with E-state index in [0.717, 1.165) is 0 Å². The fraction of sp³-hybridized carbons (Fsp3) is 0.296. The molecule has 2 aromatic carbocycles. The zero-order valence-corrected chi connectivity index (χ0v) is 22.3. The molecule has 0 aliphatic carbocycles. The molecule has 12 heteroatoms. The number of hydrogen-bond donors (Lipinski definition) is 1. The maximum absolute atomic E-state index is 13.2. The van der Waals surface area contributed by atoms with Gasteiger partial charge in [-0.3, -0.25) is 10.1 Å². The molecule has 11 nitrogen and oxygen atoms in total. The zero-order chi connectivity index (χ0) is 28.5. The molecule has 0 fully saturated rings. The molecule has 1 atom stereocenters. The molecule has 0 bridgehead atoms. The summed E-state index contributed by atoms with van der Waals surface area (Å²) in [6.07, 6.45) is 0. The topological polar surface area (TPSA) is 143 Å². The van der Waals surface area contributed by atoms with E-state index in [1.165, 1.54) is 18.2 Å². The van der Waals surface area contributed by atoms with Crippen molar-refractivity contribution in [1.82, 2.24) is 5.32 Å². The first-order valence-corrected chi connectivity index (χ1v) is 12.4. The molecule has 1 N–H and O–H groups in total. The van der Waals surface area contributed by atoms with Crippen molar-refractivity contribution in [2.75, 3.05) is 26.4 Å². The van der Waals surface area contributed by atoms with Gasteiger partial charge in [-0.05, 0) is 45.0 Å². The van der Waals surface area contributed by atoms with E-state index in [9.17, 15) is 24.5 Å². The van der Waals surface area contributed by atoms with Crippen molar-refractivity contribution in [2.24, 2.45) is 0 Å². The molecule has 1 unspecified atom stereocenters. The van der Waals surface area contributed by atoms with Crippen LogP contribution in [-0.4, -0.2) is 49.3 Å². The lowest BCUT2D eigenvalue weighted by atomic mass is 9.79. The van der Waals surface area contributed by atoms with Gasteiger partial charge in [0, 0.05) is 22.3 Å². The number of esters is 3. The third-order valence-corrected chi connectivity index (χ3v) is 5.88. The van der Waals surface area contributed by atoms with Crippen molar-refractivity contribution in [3.05, 3.63) is 91.8 Å². The summed E-state index contributed by atoms with van der Waals surface area (Å²) in [5, 5.41) is 15.3. The Morgan fingerprint density at radius 2 is 1.56 bits per heavy atom. The third kappa shape index (κ3) is 7.14. The second kappa shape index (κ2) is 13.4. The number of carbonyl (C=O) groups excluding carboxylic acids is 3. The van der Waals surface area contributed by atoms with E-state index in [2.05, 4.69) is 5.32 Å². The SMILES string of the molecule is CCOC(=O)C1=C(C)NC(COC(=O)COc2ccc(Cl)cc2)=C(C(=O)OCC)C1c1ccccc1[N+](=O)[O-]. The minimum Gasteiger partial charge on any atom is -0.482 e. The second-order valence-corrected chi connectivity index (χ2v) is 8.59. The Morgan fingerprint density at radius 1 is 0.949 bits per heavy atom. The average molecular weight is 559 g/mol.